The summed E-state index contributed by atoms with van der Waals surface area (Å²) in [6.45, 7) is 5.10. The van der Waals surface area contributed by atoms with E-state index < -0.39 is 17.7 Å². The van der Waals surface area contributed by atoms with Crippen LogP contribution in [0, 0.1) is 6.92 Å². The summed E-state index contributed by atoms with van der Waals surface area (Å²) in [4.78, 5) is 25.1. The van der Waals surface area contributed by atoms with Crippen LogP contribution in [-0.4, -0.2) is 17.7 Å². The van der Waals surface area contributed by atoms with Crippen LogP contribution < -0.4 is 5.32 Å². The molecule has 0 amide bonds. The van der Waals surface area contributed by atoms with Crippen molar-refractivity contribution >= 4 is 29.4 Å². The van der Waals surface area contributed by atoms with Crippen LogP contribution in [0.15, 0.2) is 65.2 Å². The first-order valence-corrected chi connectivity index (χ1v) is 9.53. The van der Waals surface area contributed by atoms with Crippen molar-refractivity contribution in [1.29, 1.82) is 0 Å². The summed E-state index contributed by atoms with van der Waals surface area (Å²) in [6, 6.07) is 16.1. The third-order valence-corrected chi connectivity index (χ3v) is 5.04. The highest BCUT2D eigenvalue weighted by molar-refractivity contribution is 7.98. The smallest absolute Gasteiger partial charge is 0.350 e. The third-order valence-electron chi connectivity index (χ3n) is 3.89. The van der Waals surface area contributed by atoms with Gasteiger partial charge in [0.05, 0.1) is 5.69 Å². The normalized spacial score (nSPS) is 15.7. The Morgan fingerprint density at radius 2 is 1.63 bits per heavy atom. The van der Waals surface area contributed by atoms with Gasteiger partial charge in [0.1, 0.15) is 0 Å². The molecule has 1 N–H and O–H groups in total. The first kappa shape index (κ1) is 19.0. The highest BCUT2D eigenvalue weighted by Gasteiger charge is 2.38. The van der Waals surface area contributed by atoms with Gasteiger partial charge in [-0.25, -0.2) is 9.59 Å². The molecule has 0 aromatic heterocycles. The molecule has 1 aliphatic heterocycles. The fourth-order valence-corrected chi connectivity index (χ4v) is 3.46. The van der Waals surface area contributed by atoms with E-state index in [0.717, 1.165) is 16.3 Å². The Balaban J connectivity index is 1.71. The van der Waals surface area contributed by atoms with Crippen molar-refractivity contribution in [2.45, 2.75) is 37.2 Å². The molecule has 1 saturated heterocycles. The first-order valence-electron chi connectivity index (χ1n) is 8.55. The monoisotopic (exact) mass is 383 g/mol. The van der Waals surface area contributed by atoms with Crippen LogP contribution >= 0.6 is 11.8 Å². The molecule has 0 atom stereocenters. The number of esters is 2. The first-order chi connectivity index (χ1) is 12.8. The van der Waals surface area contributed by atoms with E-state index in [0.29, 0.717) is 0 Å². The van der Waals surface area contributed by atoms with Gasteiger partial charge in [0.15, 0.2) is 5.57 Å². The number of hydrogen-bond acceptors (Lipinski definition) is 6. The molecule has 0 unspecified atom stereocenters. The third kappa shape index (κ3) is 4.92. The van der Waals surface area contributed by atoms with Gasteiger partial charge in [-0.3, -0.25) is 0 Å². The van der Waals surface area contributed by atoms with Gasteiger partial charge in [-0.05, 0) is 24.6 Å². The van der Waals surface area contributed by atoms with E-state index in [9.17, 15) is 9.59 Å². The molecule has 0 saturated carbocycles. The lowest BCUT2D eigenvalue weighted by atomic mass is 10.2. The van der Waals surface area contributed by atoms with Crippen LogP contribution in [0.4, 0.5) is 5.69 Å². The minimum absolute atomic E-state index is 0.160. The van der Waals surface area contributed by atoms with Gasteiger partial charge in [0.2, 0.25) is 0 Å². The van der Waals surface area contributed by atoms with Crippen molar-refractivity contribution in [2.75, 3.05) is 5.32 Å². The highest BCUT2D eigenvalue weighted by Crippen LogP contribution is 2.30. The van der Waals surface area contributed by atoms with Gasteiger partial charge in [0.25, 0.3) is 5.79 Å². The lowest BCUT2D eigenvalue weighted by Gasteiger charge is -2.29. The van der Waals surface area contributed by atoms with Crippen LogP contribution in [0.5, 0.6) is 0 Å². The molecule has 0 bridgehead atoms. The van der Waals surface area contributed by atoms with Crippen molar-refractivity contribution in [3.8, 4) is 0 Å². The van der Waals surface area contributed by atoms with E-state index in [1.165, 1.54) is 31.2 Å². The summed E-state index contributed by atoms with van der Waals surface area (Å²) < 4.78 is 10.2. The summed E-state index contributed by atoms with van der Waals surface area (Å²) in [5.41, 5.74) is 3.09. The number of hydrogen-bond donors (Lipinski definition) is 1. The number of cyclic esters (lactones) is 2. The zero-order valence-electron chi connectivity index (χ0n) is 15.4. The number of thioether (sulfide) groups is 1. The molecule has 1 heterocycles. The maximum atomic E-state index is 12.0. The van der Waals surface area contributed by atoms with E-state index in [-0.39, 0.29) is 5.57 Å². The number of benzene rings is 2. The molecule has 1 fully saturated rings. The van der Waals surface area contributed by atoms with E-state index in [1.807, 2.05) is 24.3 Å². The molecule has 1 aliphatic rings. The lowest BCUT2D eigenvalue weighted by Crippen LogP contribution is -2.42. The van der Waals surface area contributed by atoms with Gasteiger partial charge in [0, 0.05) is 30.7 Å². The number of rotatable bonds is 5. The van der Waals surface area contributed by atoms with Crippen molar-refractivity contribution in [3.63, 3.8) is 0 Å². The second-order valence-electron chi connectivity index (χ2n) is 6.65. The predicted molar refractivity (Wildman–Crippen MR) is 105 cm³/mol. The maximum Gasteiger partial charge on any atom is 0.350 e. The summed E-state index contributed by atoms with van der Waals surface area (Å²) >= 11 is 1.67. The highest BCUT2D eigenvalue weighted by atomic mass is 32.2. The largest absolute Gasteiger partial charge is 0.419 e. The topological polar surface area (TPSA) is 64.6 Å². The van der Waals surface area contributed by atoms with Gasteiger partial charge in [-0.15, -0.1) is 11.8 Å². The molecule has 2 aromatic rings. The number of anilines is 1. The molecular formula is C21H21NO4S. The van der Waals surface area contributed by atoms with Crippen LogP contribution in [-0.2, 0) is 24.8 Å². The van der Waals surface area contributed by atoms with Crippen LogP contribution in [0.25, 0.3) is 0 Å². The standard InChI is InChI=1S/C21H21NO4S/c1-14-8-10-15(11-9-14)13-27-18-7-5-4-6-17(18)22-12-16-19(23)25-21(2,3)26-20(16)24/h4-12,22H,13H2,1-3H3. The van der Waals surface area contributed by atoms with Crippen molar-refractivity contribution in [3.05, 3.63) is 71.4 Å². The molecule has 3 rings (SSSR count). The van der Waals surface area contributed by atoms with Gasteiger partial charge in [-0.1, -0.05) is 42.0 Å². The maximum absolute atomic E-state index is 12.0. The van der Waals surface area contributed by atoms with Crippen LogP contribution in [0.2, 0.25) is 0 Å². The Kier molecular flexibility index (Phi) is 5.56. The summed E-state index contributed by atoms with van der Waals surface area (Å²) in [5.74, 6) is -1.83. The van der Waals surface area contributed by atoms with Crippen LogP contribution in [0.3, 0.4) is 0 Å². The molecule has 140 valence electrons. The van der Waals surface area contributed by atoms with Gasteiger partial charge >= 0.3 is 11.9 Å². The van der Waals surface area contributed by atoms with Crippen molar-refractivity contribution in [2.24, 2.45) is 0 Å². The molecule has 0 radical (unpaired) electrons. The summed E-state index contributed by atoms with van der Waals surface area (Å²) in [5, 5.41) is 3.03. The second kappa shape index (κ2) is 7.88. The Morgan fingerprint density at radius 3 is 2.30 bits per heavy atom. The Morgan fingerprint density at radius 1 is 1.00 bits per heavy atom. The zero-order valence-corrected chi connectivity index (χ0v) is 16.3. The average Bonchev–Trinajstić information content (AvgIpc) is 2.60. The molecule has 0 spiro atoms. The number of carbonyl (C=O) groups excluding carboxylic acids is 2. The second-order valence-corrected chi connectivity index (χ2v) is 7.67. The number of para-hydroxylation sites is 1. The summed E-state index contributed by atoms with van der Waals surface area (Å²) in [6.07, 6.45) is 1.34. The van der Waals surface area contributed by atoms with Crippen molar-refractivity contribution in [1.82, 2.24) is 0 Å². The molecule has 0 aliphatic carbocycles. The Bertz CT molecular complexity index is 865. The SMILES string of the molecule is Cc1ccc(CSc2ccccc2NC=C2C(=O)OC(C)(C)OC2=O)cc1. The zero-order chi connectivity index (χ0) is 19.4. The van der Waals surface area contributed by atoms with E-state index in [1.54, 1.807) is 11.8 Å². The minimum Gasteiger partial charge on any atom is -0.419 e. The molecule has 27 heavy (non-hydrogen) atoms. The number of ether oxygens (including phenoxy) is 2. The molecule has 2 aromatic carbocycles. The summed E-state index contributed by atoms with van der Waals surface area (Å²) in [7, 11) is 0. The van der Waals surface area contributed by atoms with Gasteiger partial charge < -0.3 is 14.8 Å². The number of nitrogens with one attached hydrogen (secondary N) is 1. The number of carbonyl (C=O) groups is 2. The van der Waals surface area contributed by atoms with E-state index in [4.69, 9.17) is 9.47 Å². The molecule has 6 heteroatoms. The quantitative estimate of drug-likeness (QED) is 0.357. The minimum atomic E-state index is -1.24. The Hall–Kier alpha value is -2.73. The molecular weight excluding hydrogens is 362 g/mol. The fraction of sp³-hybridized carbons (Fsp3) is 0.238. The van der Waals surface area contributed by atoms with E-state index in [2.05, 4.69) is 36.5 Å². The number of aryl methyl sites for hydroxylation is 1. The Labute approximate surface area is 162 Å². The average molecular weight is 383 g/mol. The lowest BCUT2D eigenvalue weighted by molar-refractivity contribution is -0.222. The molecule has 5 nitrogen and oxygen atoms in total. The predicted octanol–water partition coefficient (Wildman–Crippen LogP) is 4.42. The van der Waals surface area contributed by atoms with E-state index >= 15 is 0 Å². The van der Waals surface area contributed by atoms with Crippen molar-refractivity contribution < 1.29 is 19.1 Å². The van der Waals surface area contributed by atoms with Gasteiger partial charge in [-0.2, -0.15) is 0 Å². The fourth-order valence-electron chi connectivity index (χ4n) is 2.49. The van der Waals surface area contributed by atoms with Crippen LogP contribution in [0.1, 0.15) is 25.0 Å².